The van der Waals surface area contributed by atoms with Gasteiger partial charge < -0.3 is 4.74 Å². The number of rotatable bonds is 4. The highest BCUT2D eigenvalue weighted by Gasteiger charge is 2.10. The molecule has 2 rings (SSSR count). The van der Waals surface area contributed by atoms with Crippen LogP contribution in [0.5, 0.6) is 11.5 Å². The third-order valence-corrected chi connectivity index (χ3v) is 4.12. The van der Waals surface area contributed by atoms with E-state index in [0.717, 1.165) is 16.2 Å². The quantitative estimate of drug-likeness (QED) is 0.707. The molecule has 102 valence electrons. The van der Waals surface area contributed by atoms with E-state index in [1.54, 1.807) is 23.9 Å². The zero-order valence-electron chi connectivity index (χ0n) is 11.3. The Balaban J connectivity index is 2.35. The van der Waals surface area contributed by atoms with E-state index in [1.165, 1.54) is 0 Å². The first-order chi connectivity index (χ1) is 9.65. The number of ether oxygens (including phenoxy) is 1. The van der Waals surface area contributed by atoms with E-state index in [0.29, 0.717) is 22.1 Å². The second-order valence-electron chi connectivity index (χ2n) is 4.19. The van der Waals surface area contributed by atoms with Crippen molar-refractivity contribution in [1.82, 2.24) is 0 Å². The minimum absolute atomic E-state index is 0.576. The predicted octanol–water partition coefficient (Wildman–Crippen LogP) is 5.42. The molecule has 0 fully saturated rings. The maximum Gasteiger partial charge on any atom is 0.146 e. The molecule has 0 aliphatic rings. The van der Waals surface area contributed by atoms with Gasteiger partial charge in [-0.15, -0.1) is 11.8 Å². The maximum atomic E-state index is 9.34. The fourth-order valence-corrected chi connectivity index (χ4v) is 2.68. The van der Waals surface area contributed by atoms with Crippen LogP contribution in [0, 0.1) is 18.3 Å². The molecular formula is C16H14ClNOS. The molecule has 0 aliphatic carbocycles. The van der Waals surface area contributed by atoms with Gasteiger partial charge >= 0.3 is 0 Å². The summed E-state index contributed by atoms with van der Waals surface area (Å²) in [4.78, 5) is 0.943. The van der Waals surface area contributed by atoms with Gasteiger partial charge in [-0.25, -0.2) is 0 Å². The van der Waals surface area contributed by atoms with Crippen molar-refractivity contribution < 1.29 is 4.74 Å². The molecule has 0 unspecified atom stereocenters. The van der Waals surface area contributed by atoms with Gasteiger partial charge in [-0.05, 0) is 48.6 Å². The fraction of sp³-hybridized carbons (Fsp3) is 0.188. The summed E-state index contributed by atoms with van der Waals surface area (Å²) >= 11 is 7.63. The Morgan fingerprint density at radius 1 is 1.30 bits per heavy atom. The van der Waals surface area contributed by atoms with Gasteiger partial charge in [0.25, 0.3) is 0 Å². The summed E-state index contributed by atoms with van der Waals surface area (Å²) in [6.45, 7) is 3.98. The molecule has 4 heteroatoms. The smallest absolute Gasteiger partial charge is 0.146 e. The fourth-order valence-electron chi connectivity index (χ4n) is 1.79. The van der Waals surface area contributed by atoms with Crippen LogP contribution in [-0.2, 0) is 0 Å². The topological polar surface area (TPSA) is 33.0 Å². The number of hydrogen-bond donors (Lipinski definition) is 0. The summed E-state index contributed by atoms with van der Waals surface area (Å²) < 4.78 is 5.83. The van der Waals surface area contributed by atoms with Crippen LogP contribution in [0.25, 0.3) is 0 Å². The van der Waals surface area contributed by atoms with Crippen LogP contribution in [-0.4, -0.2) is 5.75 Å². The zero-order chi connectivity index (χ0) is 14.5. The average molecular weight is 304 g/mol. The number of thioether (sulfide) groups is 1. The lowest BCUT2D eigenvalue weighted by molar-refractivity contribution is 0.479. The first kappa shape index (κ1) is 14.8. The van der Waals surface area contributed by atoms with E-state index in [2.05, 4.69) is 13.0 Å². The van der Waals surface area contributed by atoms with Gasteiger partial charge in [0.05, 0.1) is 0 Å². The number of hydrogen-bond acceptors (Lipinski definition) is 3. The van der Waals surface area contributed by atoms with Crippen LogP contribution in [0.4, 0.5) is 0 Å². The second kappa shape index (κ2) is 6.69. The van der Waals surface area contributed by atoms with E-state index >= 15 is 0 Å². The van der Waals surface area contributed by atoms with Crippen LogP contribution >= 0.6 is 23.4 Å². The van der Waals surface area contributed by atoms with Gasteiger partial charge in [-0.1, -0.05) is 24.6 Å². The molecule has 0 radical (unpaired) electrons. The molecule has 2 nitrogen and oxygen atoms in total. The van der Waals surface area contributed by atoms with Crippen molar-refractivity contribution in [3.05, 3.63) is 52.5 Å². The molecule has 0 aliphatic heterocycles. The molecule has 2 aromatic rings. The standard InChI is InChI=1S/C16H14ClNOS/c1-3-20-16-6-4-5-15(13(16)10-18)19-12-7-8-14(17)11(2)9-12/h4-9H,3H2,1-2H3. The van der Waals surface area contributed by atoms with Crippen molar-refractivity contribution in [3.8, 4) is 17.6 Å². The lowest BCUT2D eigenvalue weighted by Gasteiger charge is -2.11. The molecule has 2 aromatic carbocycles. The molecule has 0 atom stereocenters. The molecule has 0 amide bonds. The Labute approximate surface area is 128 Å². The minimum atomic E-state index is 0.576. The SMILES string of the molecule is CCSc1cccc(Oc2ccc(Cl)c(C)c2)c1C#N. The van der Waals surface area contributed by atoms with Crippen LogP contribution < -0.4 is 4.74 Å². The van der Waals surface area contributed by atoms with E-state index in [9.17, 15) is 5.26 Å². The number of nitriles is 1. The molecule has 0 saturated heterocycles. The number of benzene rings is 2. The monoisotopic (exact) mass is 303 g/mol. The number of halogens is 1. The van der Waals surface area contributed by atoms with Gasteiger partial charge in [0, 0.05) is 9.92 Å². The van der Waals surface area contributed by atoms with E-state index in [1.807, 2.05) is 31.2 Å². The van der Waals surface area contributed by atoms with Gasteiger partial charge in [0.2, 0.25) is 0 Å². The average Bonchev–Trinajstić information content (AvgIpc) is 2.44. The van der Waals surface area contributed by atoms with Crippen molar-refractivity contribution in [2.24, 2.45) is 0 Å². The first-order valence-corrected chi connectivity index (χ1v) is 7.62. The third kappa shape index (κ3) is 3.27. The molecule has 0 N–H and O–H groups in total. The van der Waals surface area contributed by atoms with E-state index in [4.69, 9.17) is 16.3 Å². The highest BCUT2D eigenvalue weighted by molar-refractivity contribution is 7.99. The second-order valence-corrected chi connectivity index (χ2v) is 5.90. The highest BCUT2D eigenvalue weighted by atomic mass is 35.5. The Bertz CT molecular complexity index is 664. The van der Waals surface area contributed by atoms with Crippen molar-refractivity contribution in [3.63, 3.8) is 0 Å². The van der Waals surface area contributed by atoms with Crippen LogP contribution in [0.1, 0.15) is 18.1 Å². The van der Waals surface area contributed by atoms with Crippen LogP contribution in [0.2, 0.25) is 5.02 Å². The molecule has 0 heterocycles. The lowest BCUT2D eigenvalue weighted by Crippen LogP contribution is -1.91. The van der Waals surface area contributed by atoms with Gasteiger partial charge in [-0.2, -0.15) is 5.26 Å². The van der Waals surface area contributed by atoms with Crippen molar-refractivity contribution in [1.29, 1.82) is 5.26 Å². The molecule has 0 aromatic heterocycles. The van der Waals surface area contributed by atoms with E-state index < -0.39 is 0 Å². The van der Waals surface area contributed by atoms with Crippen LogP contribution in [0.3, 0.4) is 0 Å². The summed E-state index contributed by atoms with van der Waals surface area (Å²) in [5.41, 5.74) is 1.52. The third-order valence-electron chi connectivity index (χ3n) is 2.76. The largest absolute Gasteiger partial charge is 0.456 e. The summed E-state index contributed by atoms with van der Waals surface area (Å²) in [6, 6.07) is 13.3. The molecule has 0 bridgehead atoms. The Morgan fingerprint density at radius 2 is 2.10 bits per heavy atom. The Kier molecular flexibility index (Phi) is 4.94. The minimum Gasteiger partial charge on any atom is -0.456 e. The molecule has 20 heavy (non-hydrogen) atoms. The van der Waals surface area contributed by atoms with Gasteiger partial charge in [0.15, 0.2) is 0 Å². The summed E-state index contributed by atoms with van der Waals surface area (Å²) in [5, 5.41) is 10.0. The van der Waals surface area contributed by atoms with Crippen LogP contribution in [0.15, 0.2) is 41.3 Å². The Morgan fingerprint density at radius 3 is 2.75 bits per heavy atom. The van der Waals surface area contributed by atoms with Gasteiger partial charge in [-0.3, -0.25) is 0 Å². The molecule has 0 saturated carbocycles. The maximum absolute atomic E-state index is 9.34. The van der Waals surface area contributed by atoms with E-state index in [-0.39, 0.29) is 0 Å². The number of aryl methyl sites for hydroxylation is 1. The molecule has 0 spiro atoms. The summed E-state index contributed by atoms with van der Waals surface area (Å²) in [5.74, 6) is 2.17. The van der Waals surface area contributed by atoms with Crippen molar-refractivity contribution >= 4 is 23.4 Å². The molecular weight excluding hydrogens is 290 g/mol. The van der Waals surface area contributed by atoms with Crippen molar-refractivity contribution in [2.45, 2.75) is 18.7 Å². The first-order valence-electron chi connectivity index (χ1n) is 6.25. The normalized spacial score (nSPS) is 10.1. The highest BCUT2D eigenvalue weighted by Crippen LogP contribution is 2.33. The van der Waals surface area contributed by atoms with Crippen molar-refractivity contribution in [2.75, 3.05) is 5.75 Å². The zero-order valence-corrected chi connectivity index (χ0v) is 12.9. The summed E-state index contributed by atoms with van der Waals surface area (Å²) in [7, 11) is 0. The Hall–Kier alpha value is -1.63. The predicted molar refractivity (Wildman–Crippen MR) is 83.8 cm³/mol. The van der Waals surface area contributed by atoms with Gasteiger partial charge in [0.1, 0.15) is 23.1 Å². The summed E-state index contributed by atoms with van der Waals surface area (Å²) in [6.07, 6.45) is 0. The lowest BCUT2D eigenvalue weighted by atomic mass is 10.2. The number of nitrogens with zero attached hydrogens (tertiary/aromatic N) is 1.